The lowest BCUT2D eigenvalue weighted by atomic mass is 9.75. The van der Waals surface area contributed by atoms with Crippen LogP contribution in [0.4, 0.5) is 26.3 Å². The van der Waals surface area contributed by atoms with Crippen molar-refractivity contribution < 1.29 is 35.8 Å². The maximum Gasteiger partial charge on any atom is 0.343 e. The molecule has 1 unspecified atom stereocenters. The molecule has 8 heteroatoms. The van der Waals surface area contributed by atoms with Crippen LogP contribution in [0.15, 0.2) is 36.1 Å². The molecule has 1 heterocycles. The first kappa shape index (κ1) is 26.9. The Morgan fingerprint density at radius 2 is 1.47 bits per heavy atom. The molecule has 1 saturated carbocycles. The highest BCUT2D eigenvalue weighted by Crippen LogP contribution is 2.60. The average Bonchev–Trinajstić information content (AvgIpc) is 2.89. The summed E-state index contributed by atoms with van der Waals surface area (Å²) in [5.41, 5.74) is -2.91. The minimum atomic E-state index is -4.98. The van der Waals surface area contributed by atoms with E-state index in [1.807, 2.05) is 0 Å². The number of ether oxygens (including phenoxy) is 2. The van der Waals surface area contributed by atoms with E-state index in [0.717, 1.165) is 55.4 Å². The lowest BCUT2D eigenvalue weighted by molar-refractivity contribution is -0.228. The molecule has 206 valence electrons. The summed E-state index contributed by atoms with van der Waals surface area (Å²) in [4.78, 5) is 0. The van der Waals surface area contributed by atoms with Crippen LogP contribution in [-0.4, -0.2) is 6.61 Å². The Bertz CT molecular complexity index is 1230. The van der Waals surface area contributed by atoms with Crippen molar-refractivity contribution in [1.82, 2.24) is 0 Å². The molecule has 0 saturated heterocycles. The van der Waals surface area contributed by atoms with Crippen LogP contribution < -0.4 is 4.74 Å². The Kier molecular flexibility index (Phi) is 7.20. The predicted molar refractivity (Wildman–Crippen MR) is 132 cm³/mol. The fourth-order valence-electron chi connectivity index (χ4n) is 6.40. The maximum atomic E-state index is 15.7. The zero-order valence-electron chi connectivity index (χ0n) is 21.6. The number of allylic oxidation sites excluding steroid dienone is 1. The van der Waals surface area contributed by atoms with Gasteiger partial charge in [-0.05, 0) is 86.1 Å². The summed E-state index contributed by atoms with van der Waals surface area (Å²) in [5, 5.41) is 0. The Labute approximate surface area is 219 Å². The van der Waals surface area contributed by atoms with Crippen LogP contribution in [0.2, 0.25) is 0 Å². The molecule has 1 fully saturated rings. The van der Waals surface area contributed by atoms with Crippen molar-refractivity contribution >= 4 is 0 Å². The van der Waals surface area contributed by atoms with Gasteiger partial charge in [-0.2, -0.15) is 17.6 Å². The smallest absolute Gasteiger partial charge is 0.343 e. The van der Waals surface area contributed by atoms with Crippen molar-refractivity contribution in [3.63, 3.8) is 0 Å². The van der Waals surface area contributed by atoms with Gasteiger partial charge in [-0.15, -0.1) is 0 Å². The largest absolute Gasteiger partial charge is 0.493 e. The molecule has 38 heavy (non-hydrogen) atoms. The van der Waals surface area contributed by atoms with Crippen LogP contribution in [0.1, 0.15) is 88.0 Å². The summed E-state index contributed by atoms with van der Waals surface area (Å²) in [5.74, 6) is -12.4. The second-order valence-corrected chi connectivity index (χ2v) is 10.6. The summed E-state index contributed by atoms with van der Waals surface area (Å²) in [7, 11) is 0. The number of hydrogen-bond acceptors (Lipinski definition) is 2. The molecular weight excluding hydrogens is 506 g/mol. The third-order valence-electron chi connectivity index (χ3n) is 8.38. The van der Waals surface area contributed by atoms with Crippen molar-refractivity contribution in [3.8, 4) is 16.9 Å². The fraction of sp³-hybridized carbons (Fsp3) is 0.533. The van der Waals surface area contributed by atoms with Gasteiger partial charge in [0.15, 0.2) is 11.6 Å². The monoisotopic (exact) mass is 538 g/mol. The van der Waals surface area contributed by atoms with Gasteiger partial charge in [0.25, 0.3) is 0 Å². The number of halogens is 6. The SMILES string of the molecule is CCCC1CCC(C2=COC(c3ccc4c(c3F)C(F)(F)C(F)(F)c3c-4ccc(OCC)c3F)CC2)CC1. The molecule has 3 aliphatic rings. The van der Waals surface area contributed by atoms with Gasteiger partial charge in [0, 0.05) is 5.56 Å². The highest BCUT2D eigenvalue weighted by atomic mass is 19.3. The quantitative estimate of drug-likeness (QED) is 0.341. The van der Waals surface area contributed by atoms with E-state index in [1.54, 1.807) is 6.26 Å². The first-order valence-electron chi connectivity index (χ1n) is 13.5. The maximum absolute atomic E-state index is 15.7. The van der Waals surface area contributed by atoms with Crippen molar-refractivity contribution in [2.75, 3.05) is 6.61 Å². The molecule has 2 aromatic carbocycles. The lowest BCUT2D eigenvalue weighted by Gasteiger charge is -2.36. The predicted octanol–water partition coefficient (Wildman–Crippen LogP) is 9.57. The summed E-state index contributed by atoms with van der Waals surface area (Å²) < 4.78 is 102. The van der Waals surface area contributed by atoms with Crippen LogP contribution in [0.25, 0.3) is 11.1 Å². The zero-order valence-corrected chi connectivity index (χ0v) is 21.6. The van der Waals surface area contributed by atoms with Crippen molar-refractivity contribution in [3.05, 3.63) is 64.4 Å². The van der Waals surface area contributed by atoms with E-state index in [0.29, 0.717) is 18.8 Å². The summed E-state index contributed by atoms with van der Waals surface area (Å²) in [6.07, 6.45) is 8.61. The Hall–Kier alpha value is -2.64. The second-order valence-electron chi connectivity index (χ2n) is 10.6. The minimum absolute atomic E-state index is 0.0378. The zero-order chi connectivity index (χ0) is 27.2. The molecule has 1 aliphatic heterocycles. The normalized spacial score (nSPS) is 25.6. The summed E-state index contributed by atoms with van der Waals surface area (Å²) in [6, 6.07) is 4.61. The van der Waals surface area contributed by atoms with Crippen LogP contribution >= 0.6 is 0 Å². The minimum Gasteiger partial charge on any atom is -0.493 e. The molecule has 2 nitrogen and oxygen atoms in total. The van der Waals surface area contributed by atoms with Gasteiger partial charge >= 0.3 is 11.8 Å². The molecule has 2 aromatic rings. The van der Waals surface area contributed by atoms with Gasteiger partial charge in [-0.25, -0.2) is 8.78 Å². The highest BCUT2D eigenvalue weighted by Gasteiger charge is 2.65. The highest BCUT2D eigenvalue weighted by molar-refractivity contribution is 5.77. The van der Waals surface area contributed by atoms with Gasteiger partial charge < -0.3 is 9.47 Å². The number of hydrogen-bond donors (Lipinski definition) is 0. The molecule has 0 aromatic heterocycles. The Morgan fingerprint density at radius 3 is 2.05 bits per heavy atom. The van der Waals surface area contributed by atoms with E-state index < -0.39 is 57.6 Å². The lowest BCUT2D eigenvalue weighted by Crippen LogP contribution is -2.41. The third-order valence-corrected chi connectivity index (χ3v) is 8.38. The molecule has 1 atom stereocenters. The van der Waals surface area contributed by atoms with E-state index in [2.05, 4.69) is 6.92 Å². The molecule has 0 spiro atoms. The number of benzene rings is 2. The Balaban J connectivity index is 1.46. The molecule has 2 aliphatic carbocycles. The topological polar surface area (TPSA) is 18.5 Å². The van der Waals surface area contributed by atoms with Gasteiger partial charge in [0.1, 0.15) is 11.9 Å². The van der Waals surface area contributed by atoms with Crippen LogP contribution in [0, 0.1) is 23.5 Å². The molecule has 0 amide bonds. The van der Waals surface area contributed by atoms with E-state index >= 15 is 22.0 Å². The molecule has 0 radical (unpaired) electrons. The fourth-order valence-corrected chi connectivity index (χ4v) is 6.40. The molecule has 5 rings (SSSR count). The second kappa shape index (κ2) is 10.2. The van der Waals surface area contributed by atoms with Crippen LogP contribution in [0.5, 0.6) is 5.75 Å². The molecule has 0 N–H and O–H groups in total. The van der Waals surface area contributed by atoms with Crippen molar-refractivity contribution in [1.29, 1.82) is 0 Å². The Morgan fingerprint density at radius 1 is 0.842 bits per heavy atom. The summed E-state index contributed by atoms with van der Waals surface area (Å²) >= 11 is 0. The van der Waals surface area contributed by atoms with E-state index in [9.17, 15) is 4.39 Å². The van der Waals surface area contributed by atoms with E-state index in [1.165, 1.54) is 25.8 Å². The molecular formula is C30H32F6O2. The van der Waals surface area contributed by atoms with E-state index in [-0.39, 0.29) is 12.2 Å². The third kappa shape index (κ3) is 4.28. The van der Waals surface area contributed by atoms with Gasteiger partial charge in [0.2, 0.25) is 0 Å². The average molecular weight is 539 g/mol. The number of alkyl halides is 4. The first-order valence-corrected chi connectivity index (χ1v) is 13.5. The van der Waals surface area contributed by atoms with Crippen LogP contribution in [-0.2, 0) is 16.6 Å². The van der Waals surface area contributed by atoms with Crippen molar-refractivity contribution in [2.45, 2.75) is 83.2 Å². The van der Waals surface area contributed by atoms with Gasteiger partial charge in [-0.1, -0.05) is 31.9 Å². The first-order chi connectivity index (χ1) is 18.1. The van der Waals surface area contributed by atoms with Gasteiger partial charge in [0.05, 0.1) is 24.0 Å². The number of rotatable bonds is 6. The standard InChI is InChI=1S/C30H32F6O2/c1-3-5-17-6-8-18(9-7-17)19-10-14-23(38-16-19)22-12-11-20-21-13-15-24(37-4-2)28(32)26(21)30(35,36)29(33,34)25(20)27(22)31/h11-13,15-18,23H,3-10,14H2,1-2H3. The van der Waals surface area contributed by atoms with E-state index in [4.69, 9.17) is 9.47 Å². The molecule has 0 bridgehead atoms. The summed E-state index contributed by atoms with van der Waals surface area (Å²) in [6.45, 7) is 3.67. The van der Waals surface area contributed by atoms with Crippen LogP contribution in [0.3, 0.4) is 0 Å². The van der Waals surface area contributed by atoms with Crippen molar-refractivity contribution in [2.24, 2.45) is 11.8 Å². The number of fused-ring (bicyclic) bond motifs is 3. The van der Waals surface area contributed by atoms with Gasteiger partial charge in [-0.3, -0.25) is 0 Å².